The van der Waals surface area contributed by atoms with Gasteiger partial charge in [0.15, 0.2) is 11.5 Å². The molecule has 1 N–H and O–H groups in total. The van der Waals surface area contributed by atoms with E-state index in [2.05, 4.69) is 5.32 Å². The molecule has 1 aliphatic rings. The van der Waals surface area contributed by atoms with E-state index < -0.39 is 28.5 Å². The molecule has 0 bridgehead atoms. The van der Waals surface area contributed by atoms with Crippen molar-refractivity contribution < 1.29 is 27.5 Å². The summed E-state index contributed by atoms with van der Waals surface area (Å²) in [7, 11) is -3.89. The smallest absolute Gasteiger partial charge is 0.244 e. The van der Waals surface area contributed by atoms with Gasteiger partial charge in [-0.05, 0) is 44.0 Å². The Morgan fingerprint density at radius 1 is 0.902 bits per heavy atom. The van der Waals surface area contributed by atoms with Gasteiger partial charge in [0.1, 0.15) is 25.8 Å². The molecule has 1 atom stereocenters. The van der Waals surface area contributed by atoms with E-state index in [4.69, 9.17) is 9.47 Å². The number of nitrogens with one attached hydrogen (secondary N) is 1. The Bertz CT molecular complexity index is 1460. The van der Waals surface area contributed by atoms with Gasteiger partial charge in [-0.1, -0.05) is 60.2 Å². The molecular formula is C31H37N3O6S. The molecule has 218 valence electrons. The van der Waals surface area contributed by atoms with Crippen LogP contribution in [0.15, 0.2) is 72.8 Å². The Kier molecular flexibility index (Phi) is 9.54. The van der Waals surface area contributed by atoms with Crippen LogP contribution in [0.2, 0.25) is 0 Å². The third kappa shape index (κ3) is 8.00. The van der Waals surface area contributed by atoms with Gasteiger partial charge < -0.3 is 19.7 Å². The van der Waals surface area contributed by atoms with Crippen LogP contribution in [0.1, 0.15) is 30.5 Å². The predicted octanol–water partition coefficient (Wildman–Crippen LogP) is 3.70. The lowest BCUT2D eigenvalue weighted by Crippen LogP contribution is -2.54. The Labute approximate surface area is 242 Å². The summed E-state index contributed by atoms with van der Waals surface area (Å²) in [6, 6.07) is 20.9. The molecule has 2 amide bonds. The van der Waals surface area contributed by atoms with Crippen molar-refractivity contribution in [3.05, 3.63) is 89.5 Å². The Hall–Kier alpha value is -4.05. The van der Waals surface area contributed by atoms with Crippen LogP contribution in [0.4, 0.5) is 5.69 Å². The van der Waals surface area contributed by atoms with Gasteiger partial charge >= 0.3 is 0 Å². The lowest BCUT2D eigenvalue weighted by atomic mass is 10.0. The summed E-state index contributed by atoms with van der Waals surface area (Å²) in [6.45, 7) is 6.05. The summed E-state index contributed by atoms with van der Waals surface area (Å²) in [5.74, 6) is 0.0963. The van der Waals surface area contributed by atoms with Crippen molar-refractivity contribution in [1.29, 1.82) is 0 Å². The molecule has 4 rings (SSSR count). The minimum atomic E-state index is -3.89. The molecule has 3 aromatic rings. The topological polar surface area (TPSA) is 105 Å². The number of hydrogen-bond acceptors (Lipinski definition) is 6. The molecule has 10 heteroatoms. The van der Waals surface area contributed by atoms with E-state index in [-0.39, 0.29) is 30.6 Å². The van der Waals surface area contributed by atoms with Crippen molar-refractivity contribution in [1.82, 2.24) is 10.2 Å². The zero-order valence-electron chi connectivity index (χ0n) is 23.9. The fourth-order valence-electron chi connectivity index (χ4n) is 4.63. The maximum atomic E-state index is 14.1. The first-order valence-corrected chi connectivity index (χ1v) is 15.4. The van der Waals surface area contributed by atoms with Gasteiger partial charge in [0.2, 0.25) is 21.8 Å². The number of benzene rings is 3. The zero-order chi connectivity index (χ0) is 29.6. The molecule has 0 unspecified atom stereocenters. The Balaban J connectivity index is 1.72. The average Bonchev–Trinajstić information content (AvgIpc) is 2.93. The fraction of sp³-hybridized carbons (Fsp3) is 0.355. The van der Waals surface area contributed by atoms with E-state index in [1.165, 1.54) is 4.90 Å². The minimum absolute atomic E-state index is 0.126. The number of carbonyl (C=O) groups is 2. The molecule has 3 aromatic carbocycles. The van der Waals surface area contributed by atoms with Gasteiger partial charge in [-0.2, -0.15) is 0 Å². The van der Waals surface area contributed by atoms with Crippen LogP contribution in [0.5, 0.6) is 11.5 Å². The van der Waals surface area contributed by atoms with Gasteiger partial charge in [-0.3, -0.25) is 13.9 Å². The van der Waals surface area contributed by atoms with Crippen LogP contribution in [0.25, 0.3) is 0 Å². The lowest BCUT2D eigenvalue weighted by Gasteiger charge is -2.34. The molecular weight excluding hydrogens is 542 g/mol. The highest BCUT2D eigenvalue weighted by Crippen LogP contribution is 2.34. The SMILES string of the molecule is Cc1ccc(CN(C(=O)CN(c2ccc3c(c2)OCCO3)S(C)(=O)=O)[C@H](Cc2ccccc2)C(=O)NC(C)C)cc1. The summed E-state index contributed by atoms with van der Waals surface area (Å²) in [6.07, 6.45) is 1.31. The number of nitrogens with zero attached hydrogens (tertiary/aromatic N) is 2. The van der Waals surface area contributed by atoms with Crippen molar-refractivity contribution >= 4 is 27.5 Å². The molecule has 9 nitrogen and oxygen atoms in total. The van der Waals surface area contributed by atoms with Gasteiger partial charge in [0.05, 0.1) is 11.9 Å². The second-order valence-electron chi connectivity index (χ2n) is 10.5. The molecule has 0 saturated carbocycles. The third-order valence-electron chi connectivity index (χ3n) is 6.67. The first-order chi connectivity index (χ1) is 19.5. The first kappa shape index (κ1) is 29.9. The number of fused-ring (bicyclic) bond motifs is 1. The second-order valence-corrected chi connectivity index (χ2v) is 12.4. The largest absolute Gasteiger partial charge is 0.486 e. The number of anilines is 1. The van der Waals surface area contributed by atoms with Crippen molar-refractivity contribution in [3.63, 3.8) is 0 Å². The Morgan fingerprint density at radius 2 is 1.56 bits per heavy atom. The molecule has 0 aliphatic carbocycles. The molecule has 0 fully saturated rings. The number of sulfonamides is 1. The van der Waals surface area contributed by atoms with E-state index in [0.717, 1.165) is 27.3 Å². The average molecular weight is 580 g/mol. The van der Waals surface area contributed by atoms with Crippen LogP contribution in [0, 0.1) is 6.92 Å². The summed E-state index contributed by atoms with van der Waals surface area (Å²) in [5, 5.41) is 2.95. The standard InChI is InChI=1S/C31H37N3O6S/c1-22(2)32-31(36)27(18-24-8-6-5-7-9-24)33(20-25-12-10-23(3)11-13-25)30(35)21-34(41(4,37)38)26-14-15-28-29(19-26)40-17-16-39-28/h5-15,19,22,27H,16-18,20-21H2,1-4H3,(H,32,36)/t27-/m1/s1. The molecule has 0 spiro atoms. The van der Waals surface area contributed by atoms with E-state index in [0.29, 0.717) is 24.7 Å². The molecule has 1 heterocycles. The van der Waals surface area contributed by atoms with E-state index in [9.17, 15) is 18.0 Å². The predicted molar refractivity (Wildman–Crippen MR) is 159 cm³/mol. The summed E-state index contributed by atoms with van der Waals surface area (Å²) in [4.78, 5) is 29.2. The van der Waals surface area contributed by atoms with Gasteiger partial charge in [-0.25, -0.2) is 8.42 Å². The van der Waals surface area contributed by atoms with Crippen molar-refractivity contribution in [2.45, 2.75) is 45.8 Å². The van der Waals surface area contributed by atoms with Crippen LogP contribution in [-0.2, 0) is 32.6 Å². The third-order valence-corrected chi connectivity index (χ3v) is 7.81. The molecule has 1 aliphatic heterocycles. The fourth-order valence-corrected chi connectivity index (χ4v) is 5.47. The van der Waals surface area contributed by atoms with Crippen LogP contribution in [-0.4, -0.2) is 63.2 Å². The maximum absolute atomic E-state index is 14.1. The van der Waals surface area contributed by atoms with Gasteiger partial charge in [0.25, 0.3) is 0 Å². The summed E-state index contributed by atoms with van der Waals surface area (Å²) in [5.41, 5.74) is 3.04. The lowest BCUT2D eigenvalue weighted by molar-refractivity contribution is -0.140. The summed E-state index contributed by atoms with van der Waals surface area (Å²) >= 11 is 0. The van der Waals surface area contributed by atoms with E-state index in [1.54, 1.807) is 18.2 Å². The molecule has 0 radical (unpaired) electrons. The second kappa shape index (κ2) is 13.1. The number of carbonyl (C=O) groups excluding carboxylic acids is 2. The molecule has 0 saturated heterocycles. The Morgan fingerprint density at radius 3 is 2.20 bits per heavy atom. The van der Waals surface area contributed by atoms with Gasteiger partial charge in [0, 0.05) is 25.1 Å². The molecule has 0 aromatic heterocycles. The van der Waals surface area contributed by atoms with Crippen LogP contribution >= 0.6 is 0 Å². The zero-order valence-corrected chi connectivity index (χ0v) is 24.7. The monoisotopic (exact) mass is 579 g/mol. The van der Waals surface area contributed by atoms with Crippen molar-refractivity contribution in [2.24, 2.45) is 0 Å². The van der Waals surface area contributed by atoms with Crippen LogP contribution in [0.3, 0.4) is 0 Å². The number of aryl methyl sites for hydroxylation is 1. The maximum Gasteiger partial charge on any atom is 0.244 e. The summed E-state index contributed by atoms with van der Waals surface area (Å²) < 4.78 is 38.3. The van der Waals surface area contributed by atoms with Crippen LogP contribution < -0.4 is 19.1 Å². The van der Waals surface area contributed by atoms with Crippen molar-refractivity contribution in [2.75, 3.05) is 30.3 Å². The quantitative estimate of drug-likeness (QED) is 0.372. The molecule has 41 heavy (non-hydrogen) atoms. The number of amides is 2. The van der Waals surface area contributed by atoms with E-state index >= 15 is 0 Å². The number of ether oxygens (including phenoxy) is 2. The number of rotatable bonds is 11. The first-order valence-electron chi connectivity index (χ1n) is 13.6. The highest BCUT2D eigenvalue weighted by Gasteiger charge is 2.33. The minimum Gasteiger partial charge on any atom is -0.486 e. The highest BCUT2D eigenvalue weighted by atomic mass is 32.2. The van der Waals surface area contributed by atoms with Gasteiger partial charge in [-0.15, -0.1) is 0 Å². The normalized spacial score (nSPS) is 13.4. The van der Waals surface area contributed by atoms with E-state index in [1.807, 2.05) is 75.4 Å². The van der Waals surface area contributed by atoms with Crippen molar-refractivity contribution in [3.8, 4) is 11.5 Å². The number of hydrogen-bond donors (Lipinski definition) is 1. The highest BCUT2D eigenvalue weighted by molar-refractivity contribution is 7.92.